The van der Waals surface area contributed by atoms with Gasteiger partial charge in [0.25, 0.3) is 0 Å². The van der Waals surface area contributed by atoms with E-state index in [1.807, 2.05) is 38.4 Å². The Morgan fingerprint density at radius 2 is 0.695 bits per heavy atom. The molecule has 2 N–H and O–H groups in total. The number of fused-ring (bicyclic) bond motifs is 11. The molecule has 0 unspecified atom stereocenters. The molecule has 6 aromatic carbocycles. The van der Waals surface area contributed by atoms with Crippen molar-refractivity contribution >= 4 is 57.6 Å². The zero-order valence-electron chi connectivity index (χ0n) is 65.9. The third-order valence-electron chi connectivity index (χ3n) is 23.0. The molecule has 0 atom stereocenters. The molecular formula is C98H105N7. The average Bonchev–Trinajstić information content (AvgIpc) is 1.45. The number of anilines is 1. The van der Waals surface area contributed by atoms with Gasteiger partial charge >= 0.3 is 0 Å². The molecule has 0 radical (unpaired) electrons. The lowest BCUT2D eigenvalue weighted by molar-refractivity contribution is 0.0736. The predicted octanol–water partition coefficient (Wildman–Crippen LogP) is 25.2. The van der Waals surface area contributed by atoms with Gasteiger partial charge in [0.1, 0.15) is 17.7 Å². The minimum absolute atomic E-state index is 0.0575. The Hall–Kier alpha value is -10.3. The summed E-state index contributed by atoms with van der Waals surface area (Å²) in [5, 5.41) is 20.4. The number of benzene rings is 6. The van der Waals surface area contributed by atoms with Crippen LogP contribution in [-0.2, 0) is 37.9 Å². The largest absolute Gasteiger partial charge is 0.378 e. The Balaban J connectivity index is 0.959. The van der Waals surface area contributed by atoms with Crippen molar-refractivity contribution in [3.8, 4) is 68.5 Å². The number of hydrogen-bond donors (Lipinski definition) is 2. The van der Waals surface area contributed by atoms with E-state index in [1.165, 1.54) is 38.9 Å². The molecule has 14 rings (SSSR count). The molecule has 0 saturated heterocycles. The Bertz CT molecular complexity index is 5190. The van der Waals surface area contributed by atoms with Crippen LogP contribution in [0.25, 0.3) is 96.5 Å². The maximum atomic E-state index is 10.2. The SMILES string of the molecule is C=C(C(=C(C#N)C#N)c1ccc(N(C)C)cc1)C12CCC(c3ccc(C#Cc4ccc(-c5c6nc(c(-c7cc(C(C)(C)C)cc(C(C)(C)C)c7)c7ccc([nH]7)c(-c7cc(C(C)(C)C)cc(C(C)(C)C)c7)c7nc(c(-c8cc(C(C)(C)C)cc(C(C)(C)C)c8)c8ccc5[nH]8)C=C7)C=C6)cc4)cc3)(CC1)CC2. The molecule has 10 bridgehead atoms. The molecule has 105 heavy (non-hydrogen) atoms. The molecule has 5 heterocycles. The molecule has 3 saturated carbocycles. The summed E-state index contributed by atoms with van der Waals surface area (Å²) in [6.07, 6.45) is 14.8. The van der Waals surface area contributed by atoms with Gasteiger partial charge in [-0.3, -0.25) is 0 Å². The van der Waals surface area contributed by atoms with Crippen molar-refractivity contribution in [3.05, 3.63) is 248 Å². The minimum atomic E-state index is -0.160. The Labute approximate surface area is 626 Å². The Morgan fingerprint density at radius 3 is 0.990 bits per heavy atom. The van der Waals surface area contributed by atoms with Crippen LogP contribution in [0.2, 0.25) is 0 Å². The number of aromatic nitrogens is 4. The zero-order valence-corrected chi connectivity index (χ0v) is 65.9. The van der Waals surface area contributed by atoms with Gasteiger partial charge in [-0.05, 0) is 239 Å². The van der Waals surface area contributed by atoms with Crippen LogP contribution in [0.5, 0.6) is 0 Å². The maximum Gasteiger partial charge on any atom is 0.137 e. The van der Waals surface area contributed by atoms with Crippen LogP contribution in [0, 0.1) is 39.9 Å². The van der Waals surface area contributed by atoms with Gasteiger partial charge in [0.05, 0.1) is 22.8 Å². The quantitative estimate of drug-likeness (QED) is 0.0850. The number of aromatic amines is 2. The van der Waals surface area contributed by atoms with Crippen molar-refractivity contribution in [2.75, 3.05) is 19.0 Å². The summed E-state index contributed by atoms with van der Waals surface area (Å²) in [5.74, 6) is 7.09. The highest BCUT2D eigenvalue weighted by atomic mass is 15.1. The summed E-state index contributed by atoms with van der Waals surface area (Å²) in [5.41, 5.74) is 29.4. The van der Waals surface area contributed by atoms with Gasteiger partial charge < -0.3 is 14.9 Å². The second-order valence-electron chi connectivity index (χ2n) is 36.8. The third kappa shape index (κ3) is 14.4. The Kier molecular flexibility index (Phi) is 18.6. The van der Waals surface area contributed by atoms with E-state index < -0.39 is 0 Å². The standard InChI is InChI=1S/C98H105N7/c1-61(86(69(59-99)60-100)64-30-34-77(35-31-64)105(20)21)97-44-47-98(48-45-97,49-46-97)70-32-26-63(27-33-70)23-22-62-24-28-65(29-25-62)87-78-36-38-80(101-78)88(66-50-71(91(2,3)4)56-72(51-66)92(5,6)7)82-40-42-84(103-82)90(68-54-75(95(14,15)16)58-76(55-68)96(17,18)19)85-43-41-83(104-85)89(81-39-37-79(87)102-81)67-52-73(93(8,9)10)57-74(53-67)94(11,12)13/h24-43,50-58,101,104H,1,44-49H2,2-21H3. The van der Waals surface area contributed by atoms with Gasteiger partial charge in [-0.15, -0.1) is 0 Å². The molecule has 3 aliphatic carbocycles. The highest BCUT2D eigenvalue weighted by Crippen LogP contribution is 2.62. The fraction of sp³-hybridized carbons (Fsp3) is 0.347. The van der Waals surface area contributed by atoms with Crippen LogP contribution < -0.4 is 4.90 Å². The lowest BCUT2D eigenvalue weighted by atomic mass is 9.49. The summed E-state index contributed by atoms with van der Waals surface area (Å²) in [4.78, 5) is 22.0. The highest BCUT2D eigenvalue weighted by Gasteiger charge is 2.51. The van der Waals surface area contributed by atoms with Crippen molar-refractivity contribution < 1.29 is 0 Å². The number of nitriles is 2. The zero-order chi connectivity index (χ0) is 75.3. The van der Waals surface area contributed by atoms with Crippen molar-refractivity contribution in [1.82, 2.24) is 19.9 Å². The number of H-pyrrole nitrogens is 2. The number of nitrogens with one attached hydrogen (secondary N) is 2. The van der Waals surface area contributed by atoms with E-state index in [0.29, 0.717) is 5.57 Å². The van der Waals surface area contributed by atoms with E-state index in [2.05, 4.69) is 315 Å². The summed E-state index contributed by atoms with van der Waals surface area (Å²) in [6, 6.07) is 60.9. The number of hydrogen-bond acceptors (Lipinski definition) is 5. The number of nitrogens with zero attached hydrogens (tertiary/aromatic N) is 5. The molecule has 532 valence electrons. The first-order valence-corrected chi connectivity index (χ1v) is 37.7. The van der Waals surface area contributed by atoms with Crippen LogP contribution in [0.3, 0.4) is 0 Å². The fourth-order valence-corrected chi connectivity index (χ4v) is 16.0. The average molecular weight is 1380 g/mol. The van der Waals surface area contributed by atoms with Gasteiger partial charge in [-0.1, -0.05) is 234 Å². The highest BCUT2D eigenvalue weighted by molar-refractivity contribution is 6.00. The summed E-state index contributed by atoms with van der Waals surface area (Å²) < 4.78 is 0. The molecule has 7 nitrogen and oxygen atoms in total. The van der Waals surface area contributed by atoms with E-state index in [0.717, 1.165) is 156 Å². The van der Waals surface area contributed by atoms with Gasteiger partial charge in [-0.2, -0.15) is 10.5 Å². The van der Waals surface area contributed by atoms with Gasteiger partial charge in [0.2, 0.25) is 0 Å². The van der Waals surface area contributed by atoms with E-state index >= 15 is 0 Å². The van der Waals surface area contributed by atoms with Crippen molar-refractivity contribution in [2.45, 2.75) is 201 Å². The molecule has 3 aromatic heterocycles. The first-order chi connectivity index (χ1) is 49.3. The molecule has 5 aliphatic rings. The minimum Gasteiger partial charge on any atom is -0.378 e. The second kappa shape index (κ2) is 26.7. The van der Waals surface area contributed by atoms with Crippen LogP contribution >= 0.6 is 0 Å². The fourth-order valence-electron chi connectivity index (χ4n) is 16.0. The van der Waals surface area contributed by atoms with E-state index in [1.54, 1.807) is 0 Å². The Morgan fingerprint density at radius 1 is 0.390 bits per heavy atom. The van der Waals surface area contributed by atoms with Crippen LogP contribution in [0.15, 0.2) is 169 Å². The maximum absolute atomic E-state index is 10.2. The van der Waals surface area contributed by atoms with Gasteiger partial charge in [-0.25, -0.2) is 9.97 Å². The summed E-state index contributed by atoms with van der Waals surface area (Å²) in [7, 11) is 4.02. The summed E-state index contributed by atoms with van der Waals surface area (Å²) in [6.45, 7) is 46.3. The monoisotopic (exact) mass is 1380 g/mol. The molecule has 9 aromatic rings. The van der Waals surface area contributed by atoms with Crippen molar-refractivity contribution in [3.63, 3.8) is 0 Å². The molecule has 0 amide bonds. The smallest absolute Gasteiger partial charge is 0.137 e. The van der Waals surface area contributed by atoms with Crippen LogP contribution in [0.4, 0.5) is 5.69 Å². The molecular weight excluding hydrogens is 1280 g/mol. The normalized spacial score (nSPS) is 16.7. The second-order valence-corrected chi connectivity index (χ2v) is 36.8. The van der Waals surface area contributed by atoms with E-state index in [4.69, 9.17) is 16.5 Å². The van der Waals surface area contributed by atoms with E-state index in [9.17, 15) is 10.5 Å². The van der Waals surface area contributed by atoms with Gasteiger partial charge in [0, 0.05) is 80.8 Å². The summed E-state index contributed by atoms with van der Waals surface area (Å²) >= 11 is 0. The molecule has 0 spiro atoms. The number of rotatable bonds is 9. The first kappa shape index (κ1) is 73.1. The van der Waals surface area contributed by atoms with Gasteiger partial charge in [0.15, 0.2) is 0 Å². The van der Waals surface area contributed by atoms with Crippen molar-refractivity contribution in [1.29, 1.82) is 10.5 Å². The first-order valence-electron chi connectivity index (χ1n) is 37.7. The molecule has 7 heteroatoms. The molecule has 2 aliphatic heterocycles. The van der Waals surface area contributed by atoms with Crippen molar-refractivity contribution in [2.24, 2.45) is 5.41 Å². The van der Waals surface area contributed by atoms with Crippen LogP contribution in [0.1, 0.15) is 242 Å². The number of allylic oxidation sites excluding steroid dienone is 3. The third-order valence-corrected chi connectivity index (χ3v) is 23.0. The molecule has 3 fully saturated rings. The lowest BCUT2D eigenvalue weighted by Gasteiger charge is -2.55. The topological polar surface area (TPSA) is 108 Å². The predicted molar refractivity (Wildman–Crippen MR) is 445 cm³/mol. The lowest BCUT2D eigenvalue weighted by Crippen LogP contribution is -2.45. The van der Waals surface area contributed by atoms with E-state index in [-0.39, 0.29) is 48.9 Å². The van der Waals surface area contributed by atoms with Crippen LogP contribution in [-0.4, -0.2) is 34.0 Å².